The maximum atomic E-state index is 6.00. The van der Waals surface area contributed by atoms with Crippen molar-refractivity contribution in [3.05, 3.63) is 0 Å². The van der Waals surface area contributed by atoms with Crippen LogP contribution in [0.1, 0.15) is 34.1 Å². The summed E-state index contributed by atoms with van der Waals surface area (Å²) in [4.78, 5) is 2.52. The zero-order chi connectivity index (χ0) is 13.1. The van der Waals surface area contributed by atoms with E-state index in [0.717, 1.165) is 13.1 Å². The summed E-state index contributed by atoms with van der Waals surface area (Å²) in [5.41, 5.74) is 5.96. The molecule has 4 heteroatoms. The molecule has 2 unspecified atom stereocenters. The second-order valence-electron chi connectivity index (χ2n) is 5.78. The topological polar surface area (TPSA) is 38.5 Å². The molecule has 102 valence electrons. The highest BCUT2D eigenvalue weighted by Crippen LogP contribution is 2.33. The highest BCUT2D eigenvalue weighted by atomic mass is 32.2. The van der Waals surface area contributed by atoms with Crippen LogP contribution >= 0.6 is 11.8 Å². The van der Waals surface area contributed by atoms with Crippen LogP contribution in [0.2, 0.25) is 0 Å². The Morgan fingerprint density at radius 1 is 1.47 bits per heavy atom. The summed E-state index contributed by atoms with van der Waals surface area (Å²) in [6, 6.07) is 0. The molecule has 1 aliphatic rings. The first-order valence-electron chi connectivity index (χ1n) is 6.47. The van der Waals surface area contributed by atoms with E-state index in [0.29, 0.717) is 11.3 Å². The zero-order valence-corrected chi connectivity index (χ0v) is 12.8. The van der Waals surface area contributed by atoms with Gasteiger partial charge in [-0.05, 0) is 20.3 Å². The van der Waals surface area contributed by atoms with E-state index in [1.807, 2.05) is 0 Å². The minimum atomic E-state index is -0.0459. The maximum absolute atomic E-state index is 6.00. The van der Waals surface area contributed by atoms with E-state index in [1.54, 1.807) is 7.11 Å². The van der Waals surface area contributed by atoms with Crippen molar-refractivity contribution in [2.75, 3.05) is 32.5 Å². The van der Waals surface area contributed by atoms with Gasteiger partial charge in [0.25, 0.3) is 0 Å². The van der Waals surface area contributed by atoms with Crippen molar-refractivity contribution in [3.8, 4) is 0 Å². The van der Waals surface area contributed by atoms with Crippen LogP contribution in [0.25, 0.3) is 0 Å². The van der Waals surface area contributed by atoms with E-state index in [2.05, 4.69) is 44.4 Å². The predicted octanol–water partition coefficient (Wildman–Crippen LogP) is 1.96. The summed E-state index contributed by atoms with van der Waals surface area (Å²) in [6.07, 6.45) is 1.38. The Hall–Kier alpha value is 0.230. The molecule has 1 saturated heterocycles. The number of thioether (sulfide) groups is 1. The van der Waals surface area contributed by atoms with Crippen LogP contribution in [0.3, 0.4) is 0 Å². The first kappa shape index (κ1) is 15.3. The Morgan fingerprint density at radius 3 is 2.65 bits per heavy atom. The Kier molecular flexibility index (Phi) is 5.32. The summed E-state index contributed by atoms with van der Waals surface area (Å²) in [5, 5.41) is 0. The van der Waals surface area contributed by atoms with E-state index in [-0.39, 0.29) is 11.6 Å². The van der Waals surface area contributed by atoms with Crippen LogP contribution < -0.4 is 5.73 Å². The molecule has 0 aliphatic carbocycles. The van der Waals surface area contributed by atoms with Crippen LogP contribution in [0.5, 0.6) is 0 Å². The van der Waals surface area contributed by atoms with Gasteiger partial charge in [0.2, 0.25) is 0 Å². The monoisotopic (exact) mass is 260 g/mol. The third-order valence-electron chi connectivity index (χ3n) is 4.20. The lowest BCUT2D eigenvalue weighted by atomic mass is 9.92. The molecule has 0 bridgehead atoms. The summed E-state index contributed by atoms with van der Waals surface area (Å²) >= 11 is 2.07. The molecule has 0 radical (unpaired) electrons. The van der Waals surface area contributed by atoms with Gasteiger partial charge in [0.15, 0.2) is 0 Å². The van der Waals surface area contributed by atoms with Gasteiger partial charge in [0.1, 0.15) is 0 Å². The Morgan fingerprint density at radius 2 is 2.12 bits per heavy atom. The van der Waals surface area contributed by atoms with Crippen LogP contribution in [-0.2, 0) is 4.74 Å². The molecule has 3 nitrogen and oxygen atoms in total. The smallest absolute Gasteiger partial charge is 0.0736 e. The molecule has 1 rings (SSSR count). The van der Waals surface area contributed by atoms with E-state index in [9.17, 15) is 0 Å². The highest BCUT2D eigenvalue weighted by Gasteiger charge is 2.38. The van der Waals surface area contributed by atoms with Crippen molar-refractivity contribution in [1.82, 2.24) is 4.90 Å². The summed E-state index contributed by atoms with van der Waals surface area (Å²) < 4.78 is 5.91. The lowest BCUT2D eigenvalue weighted by molar-refractivity contribution is -0.0288. The number of hydrogen-bond donors (Lipinski definition) is 1. The second-order valence-corrected chi connectivity index (χ2v) is 7.59. The van der Waals surface area contributed by atoms with E-state index < -0.39 is 0 Å². The van der Waals surface area contributed by atoms with Crippen molar-refractivity contribution < 1.29 is 4.74 Å². The minimum absolute atomic E-state index is 0.0459. The van der Waals surface area contributed by atoms with Crippen LogP contribution in [0.4, 0.5) is 0 Å². The minimum Gasteiger partial charge on any atom is -0.380 e. The molecule has 1 fully saturated rings. The van der Waals surface area contributed by atoms with Crippen molar-refractivity contribution in [1.29, 1.82) is 0 Å². The van der Waals surface area contributed by atoms with E-state index in [4.69, 9.17) is 10.5 Å². The molecule has 0 spiro atoms. The second kappa shape index (κ2) is 5.91. The first-order chi connectivity index (χ1) is 7.85. The van der Waals surface area contributed by atoms with Gasteiger partial charge in [-0.2, -0.15) is 11.8 Å². The number of methoxy groups -OCH3 is 1. The van der Waals surface area contributed by atoms with Gasteiger partial charge in [-0.3, -0.25) is 4.90 Å². The molecule has 1 heterocycles. The van der Waals surface area contributed by atoms with E-state index >= 15 is 0 Å². The molecule has 0 saturated carbocycles. The fourth-order valence-corrected chi connectivity index (χ4v) is 3.44. The SMILES string of the molecule is COC(C)C(C)(CN)N1CCSC(C)(C)CC1. The van der Waals surface area contributed by atoms with Gasteiger partial charge in [0.05, 0.1) is 11.6 Å². The lowest BCUT2D eigenvalue weighted by Crippen LogP contribution is -2.59. The van der Waals surface area contributed by atoms with Crippen molar-refractivity contribution in [3.63, 3.8) is 0 Å². The van der Waals surface area contributed by atoms with Gasteiger partial charge in [-0.15, -0.1) is 0 Å². The molecule has 0 amide bonds. The molecule has 0 aromatic rings. The maximum Gasteiger partial charge on any atom is 0.0736 e. The molecular formula is C13H28N2OS. The van der Waals surface area contributed by atoms with Gasteiger partial charge >= 0.3 is 0 Å². The third kappa shape index (κ3) is 3.60. The Balaban J connectivity index is 2.76. The lowest BCUT2D eigenvalue weighted by Gasteiger charge is -2.43. The number of nitrogens with two attached hydrogens (primary N) is 1. The van der Waals surface area contributed by atoms with Crippen LogP contribution in [0, 0.1) is 0 Å². The average molecular weight is 260 g/mol. The summed E-state index contributed by atoms with van der Waals surface area (Å²) in [7, 11) is 1.77. The zero-order valence-electron chi connectivity index (χ0n) is 12.0. The van der Waals surface area contributed by atoms with Crippen molar-refractivity contribution in [2.24, 2.45) is 5.73 Å². The Labute approximate surface area is 110 Å². The van der Waals surface area contributed by atoms with Gasteiger partial charge < -0.3 is 10.5 Å². The number of nitrogens with zero attached hydrogens (tertiary/aromatic N) is 1. The van der Waals surface area contributed by atoms with Crippen LogP contribution in [-0.4, -0.2) is 53.8 Å². The highest BCUT2D eigenvalue weighted by molar-refractivity contribution is 8.00. The predicted molar refractivity (Wildman–Crippen MR) is 76.7 cm³/mol. The normalized spacial score (nSPS) is 27.2. The average Bonchev–Trinajstić information content (AvgIpc) is 2.48. The Bertz CT molecular complexity index is 248. The third-order valence-corrected chi connectivity index (χ3v) is 5.58. The van der Waals surface area contributed by atoms with Crippen molar-refractivity contribution in [2.45, 2.75) is 50.5 Å². The molecule has 17 heavy (non-hydrogen) atoms. The summed E-state index contributed by atoms with van der Waals surface area (Å²) in [6.45, 7) is 11.9. The fraction of sp³-hybridized carbons (Fsp3) is 1.00. The molecule has 0 aromatic heterocycles. The molecule has 2 atom stereocenters. The quantitative estimate of drug-likeness (QED) is 0.838. The number of ether oxygens (including phenoxy) is 1. The van der Waals surface area contributed by atoms with Gasteiger partial charge in [0, 0.05) is 37.2 Å². The van der Waals surface area contributed by atoms with Crippen LogP contribution in [0.15, 0.2) is 0 Å². The van der Waals surface area contributed by atoms with Crippen molar-refractivity contribution >= 4 is 11.8 Å². The number of rotatable bonds is 4. The van der Waals surface area contributed by atoms with Gasteiger partial charge in [-0.1, -0.05) is 13.8 Å². The molecule has 0 aromatic carbocycles. The largest absolute Gasteiger partial charge is 0.380 e. The standard InChI is InChI=1S/C13H28N2OS/c1-11(16-5)13(4,10-14)15-7-6-12(2,3)17-9-8-15/h11H,6-10,14H2,1-5H3. The fourth-order valence-electron chi connectivity index (χ4n) is 2.34. The molecular weight excluding hydrogens is 232 g/mol. The van der Waals surface area contributed by atoms with E-state index in [1.165, 1.54) is 12.2 Å². The van der Waals surface area contributed by atoms with Gasteiger partial charge in [-0.25, -0.2) is 0 Å². The molecule has 2 N–H and O–H groups in total. The summed E-state index contributed by atoms with van der Waals surface area (Å²) in [5.74, 6) is 1.18. The first-order valence-corrected chi connectivity index (χ1v) is 7.46. The number of hydrogen-bond acceptors (Lipinski definition) is 4. The molecule has 1 aliphatic heterocycles.